The largest absolute Gasteiger partial charge is 0.316 e. The Kier molecular flexibility index (Phi) is 6.96. The maximum atomic E-state index is 6.21. The minimum Gasteiger partial charge on any atom is -0.316 e. The molecule has 0 aliphatic rings. The van der Waals surface area contributed by atoms with E-state index in [-0.39, 0.29) is 5.41 Å². The molecule has 1 aromatic rings. The summed E-state index contributed by atoms with van der Waals surface area (Å²) in [6.45, 7) is 8.75. The highest BCUT2D eigenvalue weighted by Gasteiger charge is 2.19. The van der Waals surface area contributed by atoms with Gasteiger partial charge in [0.25, 0.3) is 0 Å². The van der Waals surface area contributed by atoms with Crippen LogP contribution in [0.4, 0.5) is 0 Å². The van der Waals surface area contributed by atoms with E-state index >= 15 is 0 Å². The molecular weight excluding hydrogens is 301 g/mol. The quantitative estimate of drug-likeness (QED) is 0.644. The fourth-order valence-corrected chi connectivity index (χ4v) is 2.97. The van der Waals surface area contributed by atoms with Gasteiger partial charge < -0.3 is 5.32 Å². The molecule has 0 heterocycles. The highest BCUT2D eigenvalue weighted by atomic mass is 35.5. The number of benzene rings is 1. The lowest BCUT2D eigenvalue weighted by atomic mass is 9.86. The smallest absolute Gasteiger partial charge is 0.0467 e. The highest BCUT2D eigenvalue weighted by Crippen LogP contribution is 2.32. The third-order valence-electron chi connectivity index (χ3n) is 3.19. The van der Waals surface area contributed by atoms with Crippen LogP contribution in [0.5, 0.6) is 0 Å². The van der Waals surface area contributed by atoms with Crippen LogP contribution in [-0.4, -0.2) is 13.1 Å². The standard InChI is InChI=1S/C15H22Cl3N/c1-4-7-19-10-15(2,3)6-5-12-13(17)8-11(16)9-14(12)18/h8-9,19H,4-7,10H2,1-3H3. The molecule has 0 unspecified atom stereocenters. The van der Waals surface area contributed by atoms with E-state index in [9.17, 15) is 0 Å². The third-order valence-corrected chi connectivity index (χ3v) is 4.08. The normalized spacial score (nSPS) is 11.9. The Morgan fingerprint density at radius 3 is 2.21 bits per heavy atom. The summed E-state index contributed by atoms with van der Waals surface area (Å²) in [5, 5.41) is 5.37. The molecular formula is C15H22Cl3N. The van der Waals surface area contributed by atoms with Crippen LogP contribution in [0.3, 0.4) is 0 Å². The SMILES string of the molecule is CCCNCC(C)(C)CCc1c(Cl)cc(Cl)cc1Cl. The van der Waals surface area contributed by atoms with Gasteiger partial charge in [-0.2, -0.15) is 0 Å². The first-order valence-electron chi connectivity index (χ1n) is 6.70. The number of halogens is 3. The van der Waals surface area contributed by atoms with Gasteiger partial charge in [-0.25, -0.2) is 0 Å². The van der Waals surface area contributed by atoms with Gasteiger partial charge in [0.1, 0.15) is 0 Å². The van der Waals surface area contributed by atoms with Crippen molar-refractivity contribution in [3.05, 3.63) is 32.8 Å². The van der Waals surface area contributed by atoms with Crippen LogP contribution in [0.15, 0.2) is 12.1 Å². The lowest BCUT2D eigenvalue weighted by molar-refractivity contribution is 0.315. The highest BCUT2D eigenvalue weighted by molar-refractivity contribution is 6.39. The topological polar surface area (TPSA) is 12.0 Å². The maximum absolute atomic E-state index is 6.21. The molecule has 0 aliphatic heterocycles. The van der Waals surface area contributed by atoms with Gasteiger partial charge in [0.05, 0.1) is 0 Å². The zero-order chi connectivity index (χ0) is 14.5. The molecule has 1 rings (SSSR count). The van der Waals surface area contributed by atoms with Crippen molar-refractivity contribution in [2.24, 2.45) is 5.41 Å². The van der Waals surface area contributed by atoms with Crippen molar-refractivity contribution in [1.29, 1.82) is 0 Å². The lowest BCUT2D eigenvalue weighted by Crippen LogP contribution is -2.30. The fourth-order valence-electron chi connectivity index (χ4n) is 1.97. The molecule has 1 aromatic carbocycles. The van der Waals surface area contributed by atoms with Crippen LogP contribution in [-0.2, 0) is 6.42 Å². The van der Waals surface area contributed by atoms with Gasteiger partial charge in [0.15, 0.2) is 0 Å². The maximum Gasteiger partial charge on any atom is 0.0467 e. The summed E-state index contributed by atoms with van der Waals surface area (Å²) in [5.74, 6) is 0. The molecule has 0 saturated carbocycles. The van der Waals surface area contributed by atoms with E-state index in [1.165, 1.54) is 0 Å². The Bertz CT molecular complexity index is 393. The van der Waals surface area contributed by atoms with Gasteiger partial charge in [-0.15, -0.1) is 0 Å². The first kappa shape index (κ1) is 17.1. The van der Waals surface area contributed by atoms with E-state index in [0.29, 0.717) is 15.1 Å². The Labute approximate surface area is 131 Å². The lowest BCUT2D eigenvalue weighted by Gasteiger charge is -2.25. The summed E-state index contributed by atoms with van der Waals surface area (Å²) in [4.78, 5) is 0. The van der Waals surface area contributed by atoms with Gasteiger partial charge in [-0.1, -0.05) is 55.6 Å². The van der Waals surface area contributed by atoms with Crippen molar-refractivity contribution >= 4 is 34.8 Å². The van der Waals surface area contributed by atoms with E-state index in [1.54, 1.807) is 12.1 Å². The Morgan fingerprint density at radius 1 is 1.11 bits per heavy atom. The third kappa shape index (κ3) is 5.91. The van der Waals surface area contributed by atoms with E-state index in [2.05, 4.69) is 26.1 Å². The van der Waals surface area contributed by atoms with Crippen molar-refractivity contribution in [2.75, 3.05) is 13.1 Å². The van der Waals surface area contributed by atoms with Gasteiger partial charge in [0, 0.05) is 21.6 Å². The molecule has 0 amide bonds. The summed E-state index contributed by atoms with van der Waals surface area (Å²) in [6.07, 6.45) is 3.06. The molecule has 0 spiro atoms. The van der Waals surface area contributed by atoms with E-state index in [0.717, 1.165) is 37.9 Å². The van der Waals surface area contributed by atoms with Gasteiger partial charge >= 0.3 is 0 Å². The summed E-state index contributed by atoms with van der Waals surface area (Å²) in [7, 11) is 0. The number of hydrogen-bond acceptors (Lipinski definition) is 1. The predicted octanol–water partition coefficient (Wildman–Crippen LogP) is 5.61. The van der Waals surface area contributed by atoms with Crippen LogP contribution in [0.1, 0.15) is 39.2 Å². The molecule has 0 radical (unpaired) electrons. The first-order valence-corrected chi connectivity index (χ1v) is 7.83. The zero-order valence-corrected chi connectivity index (χ0v) is 14.1. The Morgan fingerprint density at radius 2 is 1.68 bits per heavy atom. The van der Waals surface area contributed by atoms with E-state index < -0.39 is 0 Å². The summed E-state index contributed by atoms with van der Waals surface area (Å²) < 4.78 is 0. The van der Waals surface area contributed by atoms with Gasteiger partial charge in [-0.05, 0) is 48.9 Å². The van der Waals surface area contributed by atoms with Crippen LogP contribution >= 0.6 is 34.8 Å². The average Bonchev–Trinajstić information content (AvgIpc) is 2.27. The molecule has 1 nitrogen and oxygen atoms in total. The van der Waals surface area contributed by atoms with Crippen molar-refractivity contribution in [1.82, 2.24) is 5.32 Å². The fraction of sp³-hybridized carbons (Fsp3) is 0.600. The molecule has 0 aliphatic carbocycles. The van der Waals surface area contributed by atoms with E-state index in [4.69, 9.17) is 34.8 Å². The second-order valence-corrected chi connectivity index (χ2v) is 6.94. The van der Waals surface area contributed by atoms with Crippen molar-refractivity contribution in [2.45, 2.75) is 40.0 Å². The molecule has 108 valence electrons. The minimum atomic E-state index is 0.224. The second kappa shape index (κ2) is 7.73. The predicted molar refractivity (Wildman–Crippen MR) is 86.7 cm³/mol. The van der Waals surface area contributed by atoms with Gasteiger partial charge in [-0.3, -0.25) is 0 Å². The van der Waals surface area contributed by atoms with Gasteiger partial charge in [0.2, 0.25) is 0 Å². The molecule has 0 fully saturated rings. The molecule has 4 heteroatoms. The molecule has 0 bridgehead atoms. The summed E-state index contributed by atoms with van der Waals surface area (Å²) in [5.41, 5.74) is 1.22. The number of nitrogens with one attached hydrogen (secondary N) is 1. The van der Waals surface area contributed by atoms with Crippen molar-refractivity contribution in [3.8, 4) is 0 Å². The Balaban J connectivity index is 2.61. The first-order chi connectivity index (χ1) is 8.85. The second-order valence-electron chi connectivity index (χ2n) is 5.69. The molecule has 1 N–H and O–H groups in total. The van der Waals surface area contributed by atoms with Crippen molar-refractivity contribution in [3.63, 3.8) is 0 Å². The summed E-state index contributed by atoms with van der Waals surface area (Å²) >= 11 is 18.3. The summed E-state index contributed by atoms with van der Waals surface area (Å²) in [6, 6.07) is 3.51. The number of hydrogen-bond donors (Lipinski definition) is 1. The zero-order valence-electron chi connectivity index (χ0n) is 11.8. The molecule has 19 heavy (non-hydrogen) atoms. The van der Waals surface area contributed by atoms with Crippen LogP contribution in [0, 0.1) is 5.41 Å². The van der Waals surface area contributed by atoms with Crippen molar-refractivity contribution < 1.29 is 0 Å². The number of rotatable bonds is 7. The average molecular weight is 323 g/mol. The molecule has 0 atom stereocenters. The Hall–Kier alpha value is 0.0500. The monoisotopic (exact) mass is 321 g/mol. The van der Waals surface area contributed by atoms with Crippen LogP contribution < -0.4 is 5.32 Å². The molecule has 0 saturated heterocycles. The van der Waals surface area contributed by atoms with Crippen LogP contribution in [0.25, 0.3) is 0 Å². The molecule has 0 aromatic heterocycles. The van der Waals surface area contributed by atoms with E-state index in [1.807, 2.05) is 0 Å². The minimum absolute atomic E-state index is 0.224. The van der Waals surface area contributed by atoms with Crippen LogP contribution in [0.2, 0.25) is 15.1 Å².